The molecule has 0 saturated carbocycles. The van der Waals surface area contributed by atoms with E-state index in [-0.39, 0.29) is 29.6 Å². The van der Waals surface area contributed by atoms with Crippen LogP contribution in [-0.2, 0) is 4.79 Å². The molecule has 3 amide bonds. The highest BCUT2D eigenvalue weighted by Gasteiger charge is 2.26. The van der Waals surface area contributed by atoms with Crippen LogP contribution in [0.4, 0.5) is 4.79 Å². The second kappa shape index (κ2) is 6.78. The van der Waals surface area contributed by atoms with Crippen LogP contribution in [0.2, 0.25) is 0 Å². The number of amides is 3. The maximum Gasteiger partial charge on any atom is 0.315 e. The van der Waals surface area contributed by atoms with Gasteiger partial charge in [0.05, 0.1) is 6.04 Å². The van der Waals surface area contributed by atoms with Crippen LogP contribution in [-0.4, -0.2) is 29.6 Å². The lowest BCUT2D eigenvalue weighted by molar-refractivity contribution is -0.122. The Morgan fingerprint density at radius 1 is 1.21 bits per heavy atom. The molecule has 0 aliphatic carbocycles. The van der Waals surface area contributed by atoms with E-state index in [9.17, 15) is 9.59 Å². The van der Waals surface area contributed by atoms with Gasteiger partial charge >= 0.3 is 6.03 Å². The fourth-order valence-electron chi connectivity index (χ4n) is 2.27. The molecule has 110 valence electrons. The number of rotatable bonds is 6. The number of carbonyl (C=O) groups is 2. The summed E-state index contributed by atoms with van der Waals surface area (Å²) in [6.07, 6.45) is 4.53. The Bertz CT molecular complexity index is 323. The van der Waals surface area contributed by atoms with E-state index in [2.05, 4.69) is 16.0 Å². The minimum absolute atomic E-state index is 0.0675. The second-order valence-corrected chi connectivity index (χ2v) is 6.41. The molecule has 0 bridgehead atoms. The van der Waals surface area contributed by atoms with Crippen molar-refractivity contribution in [3.63, 3.8) is 0 Å². The summed E-state index contributed by atoms with van der Waals surface area (Å²) in [5.41, 5.74) is -0.147. The molecule has 0 aromatic carbocycles. The van der Waals surface area contributed by atoms with E-state index in [1.165, 1.54) is 0 Å². The minimum Gasteiger partial charge on any atom is -0.352 e. The molecule has 1 saturated heterocycles. The minimum atomic E-state index is -0.147. The lowest BCUT2D eigenvalue weighted by Crippen LogP contribution is -2.40. The van der Waals surface area contributed by atoms with Gasteiger partial charge in [0.15, 0.2) is 0 Å². The molecule has 0 aromatic rings. The van der Waals surface area contributed by atoms with Crippen molar-refractivity contribution in [1.82, 2.24) is 16.0 Å². The van der Waals surface area contributed by atoms with Gasteiger partial charge < -0.3 is 16.0 Å². The average Bonchev–Trinajstić information content (AvgIpc) is 2.54. The first-order valence-corrected chi connectivity index (χ1v) is 7.16. The molecule has 3 N–H and O–H groups in total. The molecule has 1 heterocycles. The van der Waals surface area contributed by atoms with Gasteiger partial charge in [-0.1, -0.05) is 12.8 Å². The number of hydrogen-bond acceptors (Lipinski definition) is 2. The Morgan fingerprint density at radius 2 is 1.89 bits per heavy atom. The highest BCUT2D eigenvalue weighted by atomic mass is 16.2. The van der Waals surface area contributed by atoms with E-state index in [1.807, 2.05) is 27.7 Å². The zero-order chi connectivity index (χ0) is 14.5. The maximum absolute atomic E-state index is 11.6. The van der Waals surface area contributed by atoms with Crippen molar-refractivity contribution in [2.45, 2.75) is 77.4 Å². The molecule has 2 unspecified atom stereocenters. The van der Waals surface area contributed by atoms with Crippen LogP contribution in [0.3, 0.4) is 0 Å². The van der Waals surface area contributed by atoms with Crippen molar-refractivity contribution in [3.05, 3.63) is 0 Å². The smallest absolute Gasteiger partial charge is 0.315 e. The number of hydrogen-bond donors (Lipinski definition) is 3. The molecule has 1 aliphatic heterocycles. The Labute approximate surface area is 115 Å². The topological polar surface area (TPSA) is 70.2 Å². The van der Waals surface area contributed by atoms with Gasteiger partial charge in [0.2, 0.25) is 5.91 Å². The molecule has 1 fully saturated rings. The van der Waals surface area contributed by atoms with E-state index in [1.54, 1.807) is 0 Å². The van der Waals surface area contributed by atoms with E-state index in [4.69, 9.17) is 0 Å². The number of nitrogens with one attached hydrogen (secondary N) is 3. The lowest BCUT2D eigenvalue weighted by atomic mass is 10.0. The van der Waals surface area contributed by atoms with E-state index in [0.717, 1.165) is 25.7 Å². The Morgan fingerprint density at radius 3 is 2.42 bits per heavy atom. The Balaban J connectivity index is 2.05. The van der Waals surface area contributed by atoms with Gasteiger partial charge in [-0.05, 0) is 40.5 Å². The number of carbonyl (C=O) groups excluding carboxylic acids is 2. The number of urea groups is 1. The third kappa shape index (κ3) is 6.45. The summed E-state index contributed by atoms with van der Waals surface area (Å²) in [5.74, 6) is 0.122. The normalized spacial score (nSPS) is 22.8. The van der Waals surface area contributed by atoms with Crippen molar-refractivity contribution >= 4 is 11.9 Å². The monoisotopic (exact) mass is 269 g/mol. The molecule has 19 heavy (non-hydrogen) atoms. The van der Waals surface area contributed by atoms with Crippen LogP contribution in [0.1, 0.15) is 59.8 Å². The predicted octanol–water partition coefficient (Wildman–Crippen LogP) is 1.92. The van der Waals surface area contributed by atoms with Gasteiger partial charge in [0, 0.05) is 18.0 Å². The van der Waals surface area contributed by atoms with Crippen molar-refractivity contribution in [2.24, 2.45) is 0 Å². The summed E-state index contributed by atoms with van der Waals surface area (Å²) in [6, 6.07) is 0.370. The summed E-state index contributed by atoms with van der Waals surface area (Å²) in [7, 11) is 0. The summed E-state index contributed by atoms with van der Waals surface area (Å²) < 4.78 is 0. The van der Waals surface area contributed by atoms with Crippen LogP contribution in [0.5, 0.6) is 0 Å². The van der Waals surface area contributed by atoms with E-state index < -0.39 is 0 Å². The summed E-state index contributed by atoms with van der Waals surface area (Å²) in [6.45, 7) is 7.98. The van der Waals surface area contributed by atoms with Gasteiger partial charge in [0.25, 0.3) is 0 Å². The SMILES string of the molecule is CC1NC(=O)NC1CCCCCC(=O)NC(C)(C)C. The van der Waals surface area contributed by atoms with Gasteiger partial charge in [-0.25, -0.2) is 4.79 Å². The van der Waals surface area contributed by atoms with Crippen molar-refractivity contribution in [2.75, 3.05) is 0 Å². The first kappa shape index (κ1) is 15.8. The molecular weight excluding hydrogens is 242 g/mol. The molecule has 2 atom stereocenters. The summed E-state index contributed by atoms with van der Waals surface area (Å²) >= 11 is 0. The molecule has 1 aliphatic rings. The number of unbranched alkanes of at least 4 members (excludes halogenated alkanes) is 2. The average molecular weight is 269 g/mol. The standard InChI is InChI=1S/C14H27N3O2/c1-10-11(16-13(19)15-10)8-6-5-7-9-12(18)17-14(2,3)4/h10-11H,5-9H2,1-4H3,(H,17,18)(H2,15,16,19). The Hall–Kier alpha value is -1.26. The molecule has 5 heteroatoms. The molecule has 0 spiro atoms. The van der Waals surface area contributed by atoms with Crippen molar-refractivity contribution in [3.8, 4) is 0 Å². The maximum atomic E-state index is 11.6. The molecule has 0 radical (unpaired) electrons. The van der Waals surface area contributed by atoms with Gasteiger partial charge in [-0.2, -0.15) is 0 Å². The lowest BCUT2D eigenvalue weighted by Gasteiger charge is -2.20. The van der Waals surface area contributed by atoms with E-state index in [0.29, 0.717) is 6.42 Å². The second-order valence-electron chi connectivity index (χ2n) is 6.41. The van der Waals surface area contributed by atoms with Gasteiger partial charge in [-0.15, -0.1) is 0 Å². The highest BCUT2D eigenvalue weighted by Crippen LogP contribution is 2.12. The van der Waals surface area contributed by atoms with Crippen LogP contribution in [0.25, 0.3) is 0 Å². The van der Waals surface area contributed by atoms with Gasteiger partial charge in [0.1, 0.15) is 0 Å². The first-order chi connectivity index (χ1) is 8.78. The highest BCUT2D eigenvalue weighted by molar-refractivity contribution is 5.77. The zero-order valence-electron chi connectivity index (χ0n) is 12.5. The molecule has 5 nitrogen and oxygen atoms in total. The predicted molar refractivity (Wildman–Crippen MR) is 75.9 cm³/mol. The quantitative estimate of drug-likeness (QED) is 0.645. The summed E-state index contributed by atoms with van der Waals surface area (Å²) in [4.78, 5) is 22.7. The largest absolute Gasteiger partial charge is 0.352 e. The zero-order valence-corrected chi connectivity index (χ0v) is 12.5. The van der Waals surface area contributed by atoms with Gasteiger partial charge in [-0.3, -0.25) is 4.79 Å². The van der Waals surface area contributed by atoms with Crippen LogP contribution >= 0.6 is 0 Å². The van der Waals surface area contributed by atoms with Crippen molar-refractivity contribution in [1.29, 1.82) is 0 Å². The molecule has 1 rings (SSSR count). The summed E-state index contributed by atoms with van der Waals surface area (Å²) in [5, 5.41) is 8.70. The van der Waals surface area contributed by atoms with Crippen molar-refractivity contribution < 1.29 is 9.59 Å². The Kier molecular flexibility index (Phi) is 5.63. The third-order valence-corrected chi connectivity index (χ3v) is 3.21. The fraction of sp³-hybridized carbons (Fsp3) is 0.857. The van der Waals surface area contributed by atoms with Crippen LogP contribution in [0.15, 0.2) is 0 Å². The third-order valence-electron chi connectivity index (χ3n) is 3.21. The molecular formula is C14H27N3O2. The van der Waals surface area contributed by atoms with Crippen LogP contribution in [0, 0.1) is 0 Å². The first-order valence-electron chi connectivity index (χ1n) is 7.16. The van der Waals surface area contributed by atoms with Crippen LogP contribution < -0.4 is 16.0 Å². The van der Waals surface area contributed by atoms with E-state index >= 15 is 0 Å². The fourth-order valence-corrected chi connectivity index (χ4v) is 2.27. The molecule has 0 aromatic heterocycles.